The van der Waals surface area contributed by atoms with Crippen molar-refractivity contribution in [2.24, 2.45) is 0 Å². The molecule has 2 aromatic carbocycles. The molecular formula is C25H33Cl2NO3. The van der Waals surface area contributed by atoms with Crippen LogP contribution in [0, 0.1) is 0 Å². The van der Waals surface area contributed by atoms with Crippen molar-refractivity contribution < 1.29 is 14.6 Å². The molecule has 0 amide bonds. The predicted molar refractivity (Wildman–Crippen MR) is 131 cm³/mol. The predicted octanol–water partition coefficient (Wildman–Crippen LogP) is 6.54. The number of aliphatic carboxylic acids is 1. The Morgan fingerprint density at radius 1 is 1.10 bits per heavy atom. The molecule has 0 aromatic heterocycles. The summed E-state index contributed by atoms with van der Waals surface area (Å²) >= 11 is 6.36. The Balaban J connectivity index is 0.00000480. The van der Waals surface area contributed by atoms with Crippen LogP contribution in [-0.2, 0) is 17.8 Å². The van der Waals surface area contributed by atoms with E-state index in [0.29, 0.717) is 24.7 Å². The lowest BCUT2D eigenvalue weighted by atomic mass is 10.0. The lowest BCUT2D eigenvalue weighted by Gasteiger charge is -2.09. The van der Waals surface area contributed by atoms with Crippen molar-refractivity contribution in [1.29, 1.82) is 0 Å². The lowest BCUT2D eigenvalue weighted by molar-refractivity contribution is -0.136. The highest BCUT2D eigenvalue weighted by molar-refractivity contribution is 6.32. The van der Waals surface area contributed by atoms with Gasteiger partial charge in [-0.1, -0.05) is 74.2 Å². The molecule has 4 nitrogen and oxygen atoms in total. The normalized spacial score (nSPS) is 10.8. The summed E-state index contributed by atoms with van der Waals surface area (Å²) < 4.78 is 5.88. The molecule has 6 heteroatoms. The SMILES string of the molecule is CCCCCCc1ccc(COc2ccc(C=CCNCCC(=O)O)c(Cl)c2)cc1.Cl. The van der Waals surface area contributed by atoms with Crippen LogP contribution in [0.15, 0.2) is 48.5 Å². The number of unbranched alkanes of at least 4 members (excludes halogenated alkanes) is 3. The van der Waals surface area contributed by atoms with Gasteiger partial charge < -0.3 is 15.2 Å². The molecule has 0 aliphatic rings. The summed E-state index contributed by atoms with van der Waals surface area (Å²) in [4.78, 5) is 10.5. The molecule has 2 N–H and O–H groups in total. The second-order valence-corrected chi connectivity index (χ2v) is 7.76. The highest BCUT2D eigenvalue weighted by atomic mass is 35.5. The maximum Gasteiger partial charge on any atom is 0.304 e. The maximum atomic E-state index is 10.5. The van der Waals surface area contributed by atoms with E-state index in [1.807, 2.05) is 30.4 Å². The first-order valence-electron chi connectivity index (χ1n) is 10.7. The number of nitrogens with one attached hydrogen (secondary N) is 1. The van der Waals surface area contributed by atoms with Gasteiger partial charge in [0.15, 0.2) is 0 Å². The number of rotatable bonds is 14. The van der Waals surface area contributed by atoms with Gasteiger partial charge >= 0.3 is 5.97 Å². The monoisotopic (exact) mass is 465 g/mol. The van der Waals surface area contributed by atoms with Gasteiger partial charge in [-0.2, -0.15) is 0 Å². The Morgan fingerprint density at radius 2 is 1.84 bits per heavy atom. The quantitative estimate of drug-likeness (QED) is 0.311. The smallest absolute Gasteiger partial charge is 0.304 e. The summed E-state index contributed by atoms with van der Waals surface area (Å²) in [5, 5.41) is 12.3. The highest BCUT2D eigenvalue weighted by Gasteiger charge is 2.02. The molecule has 0 aliphatic heterocycles. The van der Waals surface area contributed by atoms with E-state index < -0.39 is 5.97 Å². The third kappa shape index (κ3) is 11.3. The maximum absolute atomic E-state index is 10.5. The topological polar surface area (TPSA) is 58.6 Å². The fraction of sp³-hybridized carbons (Fsp3) is 0.400. The lowest BCUT2D eigenvalue weighted by Crippen LogP contribution is -2.17. The average molecular weight is 466 g/mol. The van der Waals surface area contributed by atoms with E-state index in [0.717, 1.165) is 23.3 Å². The van der Waals surface area contributed by atoms with Crippen molar-refractivity contribution in [3.8, 4) is 5.75 Å². The van der Waals surface area contributed by atoms with E-state index in [4.69, 9.17) is 21.4 Å². The van der Waals surface area contributed by atoms with Gasteiger partial charge in [0.2, 0.25) is 0 Å². The van der Waals surface area contributed by atoms with Crippen LogP contribution in [0.2, 0.25) is 5.02 Å². The summed E-state index contributed by atoms with van der Waals surface area (Å²) in [6, 6.07) is 14.3. The molecule has 2 aromatic rings. The van der Waals surface area contributed by atoms with Crippen molar-refractivity contribution in [3.05, 3.63) is 70.3 Å². The number of hydrogen-bond acceptors (Lipinski definition) is 3. The van der Waals surface area contributed by atoms with Crippen molar-refractivity contribution in [1.82, 2.24) is 5.32 Å². The molecular weight excluding hydrogens is 433 g/mol. The van der Waals surface area contributed by atoms with Gasteiger partial charge in [-0.3, -0.25) is 4.79 Å². The van der Waals surface area contributed by atoms with Crippen molar-refractivity contribution in [2.45, 2.75) is 52.1 Å². The van der Waals surface area contributed by atoms with E-state index in [9.17, 15) is 4.79 Å². The van der Waals surface area contributed by atoms with E-state index in [-0.39, 0.29) is 18.8 Å². The molecule has 0 atom stereocenters. The first kappa shape index (κ1) is 27.0. The zero-order chi connectivity index (χ0) is 21.6. The summed E-state index contributed by atoms with van der Waals surface area (Å²) in [5.74, 6) is -0.0659. The Labute approximate surface area is 197 Å². The standard InChI is InChI=1S/C25H32ClNO3.ClH/c1-2-3-4-5-7-20-9-11-21(12-10-20)19-30-23-14-13-22(24(26)18-23)8-6-16-27-17-15-25(28)29;/h6,8-14,18,27H,2-5,7,15-17,19H2,1H3,(H,28,29);1H. The van der Waals surface area contributed by atoms with Crippen LogP contribution < -0.4 is 10.1 Å². The number of aryl methyl sites for hydroxylation is 1. The van der Waals surface area contributed by atoms with Crippen LogP contribution in [0.3, 0.4) is 0 Å². The van der Waals surface area contributed by atoms with Crippen molar-refractivity contribution in [3.63, 3.8) is 0 Å². The summed E-state index contributed by atoms with van der Waals surface area (Å²) in [6.45, 7) is 3.78. The second kappa shape index (κ2) is 15.7. The fourth-order valence-corrected chi connectivity index (χ4v) is 3.26. The van der Waals surface area contributed by atoms with E-state index in [2.05, 4.69) is 36.5 Å². The van der Waals surface area contributed by atoms with Crippen LogP contribution in [0.4, 0.5) is 0 Å². The molecule has 0 aliphatic carbocycles. The number of hydrogen-bond donors (Lipinski definition) is 2. The minimum atomic E-state index is -0.802. The largest absolute Gasteiger partial charge is 0.489 e. The molecule has 0 unspecified atom stereocenters. The van der Waals surface area contributed by atoms with Crippen LogP contribution >= 0.6 is 24.0 Å². The number of carboxylic acid groups (broad SMARTS) is 1. The van der Waals surface area contributed by atoms with Crippen LogP contribution in [0.5, 0.6) is 5.75 Å². The van der Waals surface area contributed by atoms with Crippen LogP contribution in [-0.4, -0.2) is 24.2 Å². The average Bonchev–Trinajstić information content (AvgIpc) is 2.74. The molecule has 31 heavy (non-hydrogen) atoms. The van der Waals surface area contributed by atoms with Gasteiger partial charge in [-0.15, -0.1) is 12.4 Å². The van der Waals surface area contributed by atoms with Gasteiger partial charge in [0, 0.05) is 13.1 Å². The Kier molecular flexibility index (Phi) is 13.7. The minimum Gasteiger partial charge on any atom is -0.489 e. The van der Waals surface area contributed by atoms with E-state index in [1.54, 1.807) is 0 Å². The first-order chi connectivity index (χ1) is 14.6. The van der Waals surface area contributed by atoms with E-state index in [1.165, 1.54) is 31.2 Å². The number of benzene rings is 2. The molecule has 0 bridgehead atoms. The third-order valence-electron chi connectivity index (χ3n) is 4.79. The summed E-state index contributed by atoms with van der Waals surface area (Å²) in [7, 11) is 0. The van der Waals surface area contributed by atoms with Crippen LogP contribution in [0.1, 0.15) is 55.7 Å². The Morgan fingerprint density at radius 3 is 2.52 bits per heavy atom. The van der Waals surface area contributed by atoms with Gasteiger partial charge in [-0.25, -0.2) is 0 Å². The highest BCUT2D eigenvalue weighted by Crippen LogP contribution is 2.24. The zero-order valence-corrected chi connectivity index (χ0v) is 19.7. The summed E-state index contributed by atoms with van der Waals surface area (Å²) in [6.07, 6.45) is 10.2. The zero-order valence-electron chi connectivity index (χ0n) is 18.1. The third-order valence-corrected chi connectivity index (χ3v) is 5.12. The molecule has 0 spiro atoms. The molecule has 0 heterocycles. The van der Waals surface area contributed by atoms with Gasteiger partial charge in [-0.05, 0) is 47.7 Å². The minimum absolute atomic E-state index is 0. The number of halogens is 2. The van der Waals surface area contributed by atoms with Gasteiger partial charge in [0.1, 0.15) is 12.4 Å². The van der Waals surface area contributed by atoms with Gasteiger partial charge in [0.05, 0.1) is 11.4 Å². The van der Waals surface area contributed by atoms with Crippen molar-refractivity contribution >= 4 is 36.1 Å². The molecule has 0 saturated carbocycles. The van der Waals surface area contributed by atoms with E-state index >= 15 is 0 Å². The molecule has 170 valence electrons. The molecule has 2 rings (SSSR count). The Bertz CT molecular complexity index is 807. The molecule has 0 fully saturated rings. The second-order valence-electron chi connectivity index (χ2n) is 7.35. The fourth-order valence-electron chi connectivity index (χ4n) is 3.02. The molecule has 0 radical (unpaired) electrons. The first-order valence-corrected chi connectivity index (χ1v) is 11.1. The number of carbonyl (C=O) groups is 1. The number of carboxylic acids is 1. The van der Waals surface area contributed by atoms with Crippen LogP contribution in [0.25, 0.3) is 6.08 Å². The summed E-state index contributed by atoms with van der Waals surface area (Å²) in [5.41, 5.74) is 3.42. The number of ether oxygens (including phenoxy) is 1. The Hall–Kier alpha value is -2.01. The van der Waals surface area contributed by atoms with Gasteiger partial charge in [0.25, 0.3) is 0 Å². The van der Waals surface area contributed by atoms with Crippen molar-refractivity contribution in [2.75, 3.05) is 13.1 Å². The molecule has 0 saturated heterocycles.